The molecule has 2 rings (SSSR count). The number of fused-ring (bicyclic) bond motifs is 1. The molecule has 0 bridgehead atoms. The van der Waals surface area contributed by atoms with Crippen molar-refractivity contribution < 1.29 is 0 Å². The average molecular weight is 151 g/mol. The van der Waals surface area contributed by atoms with E-state index in [9.17, 15) is 0 Å². The average Bonchev–Trinajstić information content (AvgIpc) is 2.41. The first-order chi connectivity index (χ1) is 4.79. The van der Waals surface area contributed by atoms with Gasteiger partial charge in [-0.15, -0.1) is 11.3 Å². The summed E-state index contributed by atoms with van der Waals surface area (Å²) in [6.45, 7) is 4.27. The zero-order valence-electron chi connectivity index (χ0n) is 6.06. The monoisotopic (exact) mass is 151 g/mol. The minimum absolute atomic E-state index is 1.31. The SMILES string of the molecule is Cc1csc2c(C)c[nH]c12. The number of H-pyrrole nitrogens is 1. The first-order valence-electron chi connectivity index (χ1n) is 3.31. The standard InChI is InChI=1S/C8H9NS/c1-5-3-9-7-6(2)4-10-8(5)7/h3-4,9H,1-2H3. The summed E-state index contributed by atoms with van der Waals surface area (Å²) in [4.78, 5) is 3.25. The van der Waals surface area contributed by atoms with Crippen molar-refractivity contribution in [3.63, 3.8) is 0 Å². The second kappa shape index (κ2) is 1.86. The van der Waals surface area contributed by atoms with Gasteiger partial charge in [0.05, 0.1) is 10.2 Å². The van der Waals surface area contributed by atoms with E-state index in [0.29, 0.717) is 0 Å². The zero-order valence-corrected chi connectivity index (χ0v) is 6.88. The van der Waals surface area contributed by atoms with E-state index < -0.39 is 0 Å². The highest BCUT2D eigenvalue weighted by atomic mass is 32.1. The second-order valence-corrected chi connectivity index (χ2v) is 3.47. The molecule has 0 saturated carbocycles. The molecule has 2 heteroatoms. The number of aromatic amines is 1. The lowest BCUT2D eigenvalue weighted by Gasteiger charge is -1.78. The van der Waals surface area contributed by atoms with Crippen molar-refractivity contribution >= 4 is 21.6 Å². The van der Waals surface area contributed by atoms with Crippen LogP contribution in [0.2, 0.25) is 0 Å². The van der Waals surface area contributed by atoms with E-state index in [4.69, 9.17) is 0 Å². The predicted octanol–water partition coefficient (Wildman–Crippen LogP) is 2.85. The Morgan fingerprint density at radius 1 is 1.30 bits per heavy atom. The number of rotatable bonds is 0. The Morgan fingerprint density at radius 2 is 2.10 bits per heavy atom. The summed E-state index contributed by atoms with van der Waals surface area (Å²) < 4.78 is 1.40. The van der Waals surface area contributed by atoms with Crippen LogP contribution in [0.3, 0.4) is 0 Å². The molecule has 0 aliphatic rings. The summed E-state index contributed by atoms with van der Waals surface area (Å²) in [7, 11) is 0. The van der Waals surface area contributed by atoms with Crippen LogP contribution in [0.1, 0.15) is 11.1 Å². The topological polar surface area (TPSA) is 15.8 Å². The molecule has 2 aromatic heterocycles. The summed E-state index contributed by atoms with van der Waals surface area (Å²) >= 11 is 1.82. The van der Waals surface area contributed by atoms with Crippen LogP contribution < -0.4 is 0 Å². The molecule has 2 heterocycles. The Kier molecular flexibility index (Phi) is 1.11. The van der Waals surface area contributed by atoms with Crippen molar-refractivity contribution in [3.8, 4) is 0 Å². The van der Waals surface area contributed by atoms with Gasteiger partial charge in [0.1, 0.15) is 0 Å². The first-order valence-corrected chi connectivity index (χ1v) is 4.19. The maximum Gasteiger partial charge on any atom is 0.0595 e. The van der Waals surface area contributed by atoms with Gasteiger partial charge in [-0.1, -0.05) is 0 Å². The summed E-state index contributed by atoms with van der Waals surface area (Å²) in [5, 5.41) is 2.19. The van der Waals surface area contributed by atoms with Gasteiger partial charge in [-0.2, -0.15) is 0 Å². The van der Waals surface area contributed by atoms with Crippen LogP contribution in [0.5, 0.6) is 0 Å². The molecule has 0 aliphatic heterocycles. The maximum atomic E-state index is 3.25. The number of aromatic nitrogens is 1. The van der Waals surface area contributed by atoms with Gasteiger partial charge >= 0.3 is 0 Å². The molecule has 0 amide bonds. The van der Waals surface area contributed by atoms with E-state index in [1.54, 1.807) is 0 Å². The Balaban J connectivity index is 2.95. The number of aryl methyl sites for hydroxylation is 2. The zero-order chi connectivity index (χ0) is 7.14. The first kappa shape index (κ1) is 5.98. The molecular weight excluding hydrogens is 142 g/mol. The molecular formula is C8H9NS. The molecule has 0 aliphatic carbocycles. The fraction of sp³-hybridized carbons (Fsp3) is 0.250. The van der Waals surface area contributed by atoms with Crippen LogP contribution in [-0.4, -0.2) is 4.98 Å². The molecule has 0 unspecified atom stereocenters. The van der Waals surface area contributed by atoms with E-state index in [-0.39, 0.29) is 0 Å². The van der Waals surface area contributed by atoms with Crippen molar-refractivity contribution in [2.24, 2.45) is 0 Å². The molecule has 0 atom stereocenters. The van der Waals surface area contributed by atoms with E-state index in [1.165, 1.54) is 21.3 Å². The van der Waals surface area contributed by atoms with E-state index in [1.807, 2.05) is 11.3 Å². The van der Waals surface area contributed by atoms with Gasteiger partial charge in [0.2, 0.25) is 0 Å². The quantitative estimate of drug-likeness (QED) is 0.596. The summed E-state index contributed by atoms with van der Waals surface area (Å²) in [5.74, 6) is 0. The highest BCUT2D eigenvalue weighted by Gasteiger charge is 2.02. The third-order valence-corrected chi connectivity index (χ3v) is 3.00. The van der Waals surface area contributed by atoms with Crippen molar-refractivity contribution in [1.82, 2.24) is 4.98 Å². The number of thiophene rings is 1. The predicted molar refractivity (Wildman–Crippen MR) is 45.6 cm³/mol. The third kappa shape index (κ3) is 0.625. The molecule has 1 N–H and O–H groups in total. The van der Waals surface area contributed by atoms with Gasteiger partial charge < -0.3 is 4.98 Å². The van der Waals surface area contributed by atoms with Gasteiger partial charge in [-0.3, -0.25) is 0 Å². The van der Waals surface area contributed by atoms with Gasteiger partial charge in [-0.25, -0.2) is 0 Å². The van der Waals surface area contributed by atoms with Crippen molar-refractivity contribution in [1.29, 1.82) is 0 Å². The Morgan fingerprint density at radius 3 is 2.80 bits per heavy atom. The highest BCUT2D eigenvalue weighted by Crippen LogP contribution is 2.26. The van der Waals surface area contributed by atoms with Crippen LogP contribution in [-0.2, 0) is 0 Å². The second-order valence-electron chi connectivity index (χ2n) is 2.59. The molecule has 10 heavy (non-hydrogen) atoms. The molecule has 52 valence electrons. The molecule has 2 aromatic rings. The largest absolute Gasteiger partial charge is 0.360 e. The number of hydrogen-bond acceptors (Lipinski definition) is 1. The van der Waals surface area contributed by atoms with Crippen molar-refractivity contribution in [2.45, 2.75) is 13.8 Å². The van der Waals surface area contributed by atoms with Crippen LogP contribution in [0.25, 0.3) is 10.2 Å². The minimum atomic E-state index is 1.31. The lowest BCUT2D eigenvalue weighted by atomic mass is 10.3. The summed E-state index contributed by atoms with van der Waals surface area (Å²) in [6, 6.07) is 0. The van der Waals surface area contributed by atoms with Crippen LogP contribution in [0, 0.1) is 13.8 Å². The Hall–Kier alpha value is -0.760. The fourth-order valence-corrected chi connectivity index (χ4v) is 2.15. The lowest BCUT2D eigenvalue weighted by Crippen LogP contribution is -1.62. The van der Waals surface area contributed by atoms with Crippen molar-refractivity contribution in [3.05, 3.63) is 22.7 Å². The summed E-state index contributed by atoms with van der Waals surface area (Å²) in [6.07, 6.45) is 2.06. The smallest absolute Gasteiger partial charge is 0.0595 e. The van der Waals surface area contributed by atoms with E-state index >= 15 is 0 Å². The molecule has 1 nitrogen and oxygen atoms in total. The third-order valence-electron chi connectivity index (χ3n) is 1.77. The Labute approximate surface area is 63.7 Å². The summed E-state index contributed by atoms with van der Waals surface area (Å²) in [5.41, 5.74) is 4.02. The molecule has 0 aromatic carbocycles. The number of hydrogen-bond donors (Lipinski definition) is 1. The van der Waals surface area contributed by atoms with Gasteiger partial charge in [0.25, 0.3) is 0 Å². The Bertz CT molecular complexity index is 320. The molecule has 0 radical (unpaired) electrons. The molecule has 0 saturated heterocycles. The maximum absolute atomic E-state index is 3.25. The lowest BCUT2D eigenvalue weighted by molar-refractivity contribution is 1.40. The normalized spacial score (nSPS) is 11.0. The molecule has 0 spiro atoms. The van der Waals surface area contributed by atoms with Crippen LogP contribution in [0.15, 0.2) is 11.6 Å². The van der Waals surface area contributed by atoms with Crippen LogP contribution in [0.4, 0.5) is 0 Å². The van der Waals surface area contributed by atoms with Gasteiger partial charge in [-0.05, 0) is 30.4 Å². The van der Waals surface area contributed by atoms with Gasteiger partial charge in [0.15, 0.2) is 0 Å². The van der Waals surface area contributed by atoms with Crippen LogP contribution >= 0.6 is 11.3 Å². The minimum Gasteiger partial charge on any atom is -0.360 e. The van der Waals surface area contributed by atoms with Gasteiger partial charge in [0, 0.05) is 6.20 Å². The molecule has 0 fully saturated rings. The van der Waals surface area contributed by atoms with E-state index in [2.05, 4.69) is 30.4 Å². The number of nitrogens with one attached hydrogen (secondary N) is 1. The highest BCUT2D eigenvalue weighted by molar-refractivity contribution is 7.17. The fourth-order valence-electron chi connectivity index (χ4n) is 1.16. The van der Waals surface area contributed by atoms with Crippen molar-refractivity contribution in [2.75, 3.05) is 0 Å². The van der Waals surface area contributed by atoms with E-state index in [0.717, 1.165) is 0 Å².